The van der Waals surface area contributed by atoms with E-state index in [1.54, 1.807) is 0 Å². The van der Waals surface area contributed by atoms with Gasteiger partial charge < -0.3 is 10.6 Å². The van der Waals surface area contributed by atoms with Gasteiger partial charge in [0.25, 0.3) is 0 Å². The predicted molar refractivity (Wildman–Crippen MR) is 92.4 cm³/mol. The average Bonchev–Trinajstić information content (AvgIpc) is 3.06. The lowest BCUT2D eigenvalue weighted by atomic mass is 10.0. The standard InChI is InChI=1S/C19H28N2O2/c1-2-3-5-15-7-9-16(10-8-15)18(22)11-12-19(23)21-13-4-6-17(21)14-20/h7-10,17H,2-6,11-14,20H2,1H3. The number of ketones is 1. The Balaban J connectivity index is 1.83. The Morgan fingerprint density at radius 2 is 1.96 bits per heavy atom. The summed E-state index contributed by atoms with van der Waals surface area (Å²) >= 11 is 0. The number of hydrogen-bond donors (Lipinski definition) is 1. The summed E-state index contributed by atoms with van der Waals surface area (Å²) in [6.45, 7) is 3.46. The Hall–Kier alpha value is -1.68. The van der Waals surface area contributed by atoms with Gasteiger partial charge in [0.15, 0.2) is 5.78 Å². The molecular formula is C19H28N2O2. The molecule has 1 aromatic carbocycles. The molecule has 1 atom stereocenters. The van der Waals surface area contributed by atoms with Crippen molar-refractivity contribution in [2.75, 3.05) is 13.1 Å². The maximum absolute atomic E-state index is 12.2. The SMILES string of the molecule is CCCCc1ccc(C(=O)CCC(=O)N2CCCC2CN)cc1. The van der Waals surface area contributed by atoms with Crippen LogP contribution in [0.15, 0.2) is 24.3 Å². The number of amides is 1. The molecule has 0 bridgehead atoms. The van der Waals surface area contributed by atoms with Gasteiger partial charge in [0.2, 0.25) is 5.91 Å². The van der Waals surface area contributed by atoms with Crippen LogP contribution in [0.25, 0.3) is 0 Å². The molecule has 2 N–H and O–H groups in total. The number of Topliss-reactive ketones (excluding diaryl/α,β-unsaturated/α-hetero) is 1. The highest BCUT2D eigenvalue weighted by Crippen LogP contribution is 2.18. The number of benzene rings is 1. The molecule has 23 heavy (non-hydrogen) atoms. The van der Waals surface area contributed by atoms with Crippen molar-refractivity contribution in [1.82, 2.24) is 4.90 Å². The van der Waals surface area contributed by atoms with Gasteiger partial charge in [-0.15, -0.1) is 0 Å². The number of nitrogens with two attached hydrogens (primary N) is 1. The first-order valence-electron chi connectivity index (χ1n) is 8.77. The second-order valence-corrected chi connectivity index (χ2v) is 6.34. The summed E-state index contributed by atoms with van der Waals surface area (Å²) in [5.74, 6) is 0.106. The first-order valence-corrected chi connectivity index (χ1v) is 8.77. The number of rotatable bonds is 8. The fraction of sp³-hybridized carbons (Fsp3) is 0.579. The number of unbranched alkanes of at least 4 members (excludes halogenated alkanes) is 1. The number of carbonyl (C=O) groups is 2. The zero-order valence-electron chi connectivity index (χ0n) is 14.1. The van der Waals surface area contributed by atoms with Crippen molar-refractivity contribution in [1.29, 1.82) is 0 Å². The van der Waals surface area contributed by atoms with E-state index in [4.69, 9.17) is 5.73 Å². The zero-order chi connectivity index (χ0) is 16.7. The molecule has 4 nitrogen and oxygen atoms in total. The molecule has 1 aromatic rings. The number of hydrogen-bond acceptors (Lipinski definition) is 3. The topological polar surface area (TPSA) is 63.4 Å². The molecule has 1 aliphatic heterocycles. The summed E-state index contributed by atoms with van der Waals surface area (Å²) in [7, 11) is 0. The monoisotopic (exact) mass is 316 g/mol. The fourth-order valence-electron chi connectivity index (χ4n) is 3.16. The molecule has 1 aliphatic rings. The molecule has 1 amide bonds. The molecule has 1 saturated heterocycles. The van der Waals surface area contributed by atoms with Crippen molar-refractivity contribution >= 4 is 11.7 Å². The highest BCUT2D eigenvalue weighted by atomic mass is 16.2. The van der Waals surface area contributed by atoms with E-state index in [9.17, 15) is 9.59 Å². The van der Waals surface area contributed by atoms with E-state index in [0.717, 1.165) is 25.8 Å². The van der Waals surface area contributed by atoms with Crippen LogP contribution in [0.3, 0.4) is 0 Å². The van der Waals surface area contributed by atoms with Crippen molar-refractivity contribution in [3.05, 3.63) is 35.4 Å². The summed E-state index contributed by atoms with van der Waals surface area (Å²) in [5.41, 5.74) is 7.67. The molecule has 0 radical (unpaired) electrons. The lowest BCUT2D eigenvalue weighted by Crippen LogP contribution is -2.39. The second-order valence-electron chi connectivity index (χ2n) is 6.34. The maximum atomic E-state index is 12.2. The highest BCUT2D eigenvalue weighted by molar-refractivity contribution is 5.98. The van der Waals surface area contributed by atoms with Gasteiger partial charge in [-0.1, -0.05) is 37.6 Å². The minimum absolute atomic E-state index is 0.0453. The first-order chi connectivity index (χ1) is 11.2. The average molecular weight is 316 g/mol. The molecule has 2 rings (SSSR count). The molecular weight excluding hydrogens is 288 g/mol. The Kier molecular flexibility index (Phi) is 6.78. The van der Waals surface area contributed by atoms with E-state index in [0.29, 0.717) is 12.1 Å². The number of likely N-dealkylation sites (tertiary alicyclic amines) is 1. The Bertz CT molecular complexity index is 525. The van der Waals surface area contributed by atoms with Gasteiger partial charge in [-0.3, -0.25) is 9.59 Å². The molecule has 0 saturated carbocycles. The third kappa shape index (κ3) is 4.90. The van der Waals surface area contributed by atoms with Crippen molar-refractivity contribution in [2.24, 2.45) is 5.73 Å². The summed E-state index contributed by atoms with van der Waals surface area (Å²) in [6, 6.07) is 7.98. The van der Waals surface area contributed by atoms with E-state index in [-0.39, 0.29) is 30.6 Å². The minimum Gasteiger partial charge on any atom is -0.338 e. The molecule has 1 heterocycles. The Morgan fingerprint density at radius 1 is 1.22 bits per heavy atom. The van der Waals surface area contributed by atoms with Crippen LogP contribution in [-0.2, 0) is 11.2 Å². The second kappa shape index (κ2) is 8.82. The smallest absolute Gasteiger partial charge is 0.223 e. The quantitative estimate of drug-likeness (QED) is 0.750. The van der Waals surface area contributed by atoms with E-state index >= 15 is 0 Å². The Labute approximate surface area is 139 Å². The van der Waals surface area contributed by atoms with Gasteiger partial charge in [0, 0.05) is 37.5 Å². The van der Waals surface area contributed by atoms with E-state index < -0.39 is 0 Å². The van der Waals surface area contributed by atoms with Crippen LogP contribution in [0.4, 0.5) is 0 Å². The van der Waals surface area contributed by atoms with Crippen molar-refractivity contribution in [3.63, 3.8) is 0 Å². The van der Waals surface area contributed by atoms with E-state index in [1.807, 2.05) is 29.2 Å². The molecule has 1 unspecified atom stereocenters. The summed E-state index contributed by atoms with van der Waals surface area (Å²) < 4.78 is 0. The van der Waals surface area contributed by atoms with Crippen LogP contribution < -0.4 is 5.73 Å². The maximum Gasteiger partial charge on any atom is 0.223 e. The Morgan fingerprint density at radius 3 is 2.61 bits per heavy atom. The van der Waals surface area contributed by atoms with E-state index in [1.165, 1.54) is 18.4 Å². The van der Waals surface area contributed by atoms with Gasteiger partial charge in [0.05, 0.1) is 0 Å². The third-order valence-electron chi connectivity index (χ3n) is 4.63. The van der Waals surface area contributed by atoms with Gasteiger partial charge in [-0.25, -0.2) is 0 Å². The van der Waals surface area contributed by atoms with Crippen molar-refractivity contribution in [3.8, 4) is 0 Å². The largest absolute Gasteiger partial charge is 0.338 e. The minimum atomic E-state index is 0.0453. The zero-order valence-corrected chi connectivity index (χ0v) is 14.1. The molecule has 1 fully saturated rings. The van der Waals surface area contributed by atoms with Gasteiger partial charge in [0.1, 0.15) is 0 Å². The van der Waals surface area contributed by atoms with Gasteiger partial charge in [-0.05, 0) is 31.2 Å². The fourth-order valence-corrected chi connectivity index (χ4v) is 3.16. The molecule has 0 aliphatic carbocycles. The number of nitrogens with zero attached hydrogens (tertiary/aromatic N) is 1. The van der Waals surface area contributed by atoms with Crippen LogP contribution >= 0.6 is 0 Å². The highest BCUT2D eigenvalue weighted by Gasteiger charge is 2.27. The first kappa shape index (κ1) is 17.7. The summed E-state index contributed by atoms with van der Waals surface area (Å²) in [5, 5.41) is 0. The van der Waals surface area contributed by atoms with Crippen LogP contribution in [0, 0.1) is 0 Å². The lowest BCUT2D eigenvalue weighted by molar-refractivity contribution is -0.131. The lowest BCUT2D eigenvalue weighted by Gasteiger charge is -2.23. The molecule has 0 spiro atoms. The summed E-state index contributed by atoms with van der Waals surface area (Å²) in [6.07, 6.45) is 5.95. The number of carbonyl (C=O) groups excluding carboxylic acids is 2. The number of aryl methyl sites for hydroxylation is 1. The molecule has 126 valence electrons. The van der Waals surface area contributed by atoms with Gasteiger partial charge in [-0.2, -0.15) is 0 Å². The van der Waals surface area contributed by atoms with Crippen LogP contribution in [0.5, 0.6) is 0 Å². The van der Waals surface area contributed by atoms with Crippen LogP contribution in [-0.4, -0.2) is 35.7 Å². The van der Waals surface area contributed by atoms with E-state index in [2.05, 4.69) is 6.92 Å². The van der Waals surface area contributed by atoms with Gasteiger partial charge >= 0.3 is 0 Å². The van der Waals surface area contributed by atoms with Crippen molar-refractivity contribution < 1.29 is 9.59 Å². The third-order valence-corrected chi connectivity index (χ3v) is 4.63. The van der Waals surface area contributed by atoms with Crippen LogP contribution in [0.2, 0.25) is 0 Å². The van der Waals surface area contributed by atoms with Crippen molar-refractivity contribution in [2.45, 2.75) is 57.9 Å². The van der Waals surface area contributed by atoms with Crippen LogP contribution in [0.1, 0.15) is 61.4 Å². The molecule has 4 heteroatoms. The molecule has 0 aromatic heterocycles. The summed E-state index contributed by atoms with van der Waals surface area (Å²) in [4.78, 5) is 26.3. The predicted octanol–water partition coefficient (Wildman–Crippen LogP) is 2.94. The normalized spacial score (nSPS) is 17.5.